The molecule has 2 rings (SSSR count). The summed E-state index contributed by atoms with van der Waals surface area (Å²) >= 11 is 0. The van der Waals surface area contributed by atoms with Crippen LogP contribution in [-0.4, -0.2) is 39.6 Å². The van der Waals surface area contributed by atoms with Crippen molar-refractivity contribution in [3.63, 3.8) is 0 Å². The van der Waals surface area contributed by atoms with Gasteiger partial charge in [0.1, 0.15) is 5.69 Å². The minimum Gasteiger partial charge on any atom is -0.477 e. The van der Waals surface area contributed by atoms with Gasteiger partial charge < -0.3 is 15.3 Å². The average molecular weight is 291 g/mol. The number of carbonyl (C=O) groups is 2. The van der Waals surface area contributed by atoms with Gasteiger partial charge in [-0.1, -0.05) is 13.0 Å². The molecule has 0 spiro atoms. The fourth-order valence-electron chi connectivity index (χ4n) is 2.63. The zero-order valence-electron chi connectivity index (χ0n) is 12.2. The Morgan fingerprint density at radius 3 is 2.86 bits per heavy atom. The third-order valence-corrected chi connectivity index (χ3v) is 3.85. The normalized spacial score (nSPS) is 18.3. The van der Waals surface area contributed by atoms with Crippen LogP contribution in [-0.2, 0) is 6.54 Å². The molecule has 114 valence electrons. The van der Waals surface area contributed by atoms with Crippen molar-refractivity contribution < 1.29 is 14.7 Å². The van der Waals surface area contributed by atoms with Crippen molar-refractivity contribution in [1.82, 2.24) is 15.2 Å². The number of pyridine rings is 1. The van der Waals surface area contributed by atoms with Crippen LogP contribution in [0.25, 0.3) is 0 Å². The van der Waals surface area contributed by atoms with Crippen molar-refractivity contribution in [2.45, 2.75) is 45.2 Å². The van der Waals surface area contributed by atoms with E-state index in [1.807, 2.05) is 4.90 Å². The molecule has 0 radical (unpaired) electrons. The predicted octanol–water partition coefficient (Wildman–Crippen LogP) is 2.25. The van der Waals surface area contributed by atoms with Gasteiger partial charge in [0.25, 0.3) is 0 Å². The number of urea groups is 1. The van der Waals surface area contributed by atoms with E-state index < -0.39 is 5.97 Å². The molecule has 6 nitrogen and oxygen atoms in total. The lowest BCUT2D eigenvalue weighted by molar-refractivity contribution is 0.0690. The van der Waals surface area contributed by atoms with Crippen LogP contribution in [0.2, 0.25) is 0 Å². The molecular formula is C15H21N3O3. The summed E-state index contributed by atoms with van der Waals surface area (Å²) in [4.78, 5) is 28.7. The molecular weight excluding hydrogens is 270 g/mol. The molecule has 2 N–H and O–H groups in total. The average Bonchev–Trinajstić information content (AvgIpc) is 2.52. The first-order valence-corrected chi connectivity index (χ1v) is 7.34. The van der Waals surface area contributed by atoms with E-state index in [-0.39, 0.29) is 11.7 Å². The highest BCUT2D eigenvalue weighted by molar-refractivity contribution is 5.85. The van der Waals surface area contributed by atoms with Gasteiger partial charge >= 0.3 is 12.0 Å². The molecule has 1 unspecified atom stereocenters. The van der Waals surface area contributed by atoms with Crippen molar-refractivity contribution in [2.75, 3.05) is 6.54 Å². The highest BCUT2D eigenvalue weighted by Gasteiger charge is 2.24. The van der Waals surface area contributed by atoms with Crippen molar-refractivity contribution in [2.24, 2.45) is 0 Å². The maximum atomic E-state index is 12.2. The molecule has 2 amide bonds. The standard InChI is InChI=1S/C15H21N3O3/c1-2-12-5-3-4-8-18(12)15(21)17-10-11-6-7-13(14(19)20)16-9-11/h6-7,9,12H,2-5,8,10H2,1H3,(H,17,21)(H,19,20). The molecule has 1 saturated heterocycles. The number of hydrogen-bond acceptors (Lipinski definition) is 3. The largest absolute Gasteiger partial charge is 0.477 e. The topological polar surface area (TPSA) is 82.5 Å². The maximum absolute atomic E-state index is 12.2. The number of amides is 2. The number of aromatic carboxylic acids is 1. The maximum Gasteiger partial charge on any atom is 0.354 e. The fourth-order valence-corrected chi connectivity index (χ4v) is 2.63. The number of nitrogens with zero attached hydrogens (tertiary/aromatic N) is 2. The fraction of sp³-hybridized carbons (Fsp3) is 0.533. The Bertz CT molecular complexity index is 501. The van der Waals surface area contributed by atoms with Crippen LogP contribution in [0.4, 0.5) is 4.79 Å². The third kappa shape index (κ3) is 3.93. The number of aromatic nitrogens is 1. The summed E-state index contributed by atoms with van der Waals surface area (Å²) in [5, 5.41) is 11.7. The lowest BCUT2D eigenvalue weighted by Gasteiger charge is -2.35. The molecule has 1 aromatic heterocycles. The molecule has 0 saturated carbocycles. The van der Waals surface area contributed by atoms with Crippen molar-refractivity contribution in [1.29, 1.82) is 0 Å². The summed E-state index contributed by atoms with van der Waals surface area (Å²) in [7, 11) is 0. The summed E-state index contributed by atoms with van der Waals surface area (Å²) in [6, 6.07) is 3.39. The van der Waals surface area contributed by atoms with Gasteiger partial charge in [-0.2, -0.15) is 0 Å². The van der Waals surface area contributed by atoms with Crippen LogP contribution in [0.5, 0.6) is 0 Å². The van der Waals surface area contributed by atoms with Gasteiger partial charge in [0.05, 0.1) is 0 Å². The Balaban J connectivity index is 1.89. The van der Waals surface area contributed by atoms with E-state index in [9.17, 15) is 9.59 Å². The highest BCUT2D eigenvalue weighted by atomic mass is 16.4. The van der Waals surface area contributed by atoms with E-state index >= 15 is 0 Å². The number of likely N-dealkylation sites (tertiary alicyclic amines) is 1. The summed E-state index contributed by atoms with van der Waals surface area (Å²) in [5.74, 6) is -1.05. The predicted molar refractivity (Wildman–Crippen MR) is 78.1 cm³/mol. The molecule has 1 aliphatic heterocycles. The van der Waals surface area contributed by atoms with Crippen molar-refractivity contribution in [3.8, 4) is 0 Å². The van der Waals surface area contributed by atoms with Crippen molar-refractivity contribution >= 4 is 12.0 Å². The van der Waals surface area contributed by atoms with Crippen LogP contribution in [0.3, 0.4) is 0 Å². The number of carbonyl (C=O) groups excluding carboxylic acids is 1. The summed E-state index contributed by atoms with van der Waals surface area (Å²) in [6.45, 7) is 3.27. The van der Waals surface area contributed by atoms with Crippen molar-refractivity contribution in [3.05, 3.63) is 29.6 Å². The number of carboxylic acid groups (broad SMARTS) is 1. The number of carboxylic acids is 1. The molecule has 0 aromatic carbocycles. The van der Waals surface area contributed by atoms with Crippen LogP contribution < -0.4 is 5.32 Å². The Morgan fingerprint density at radius 2 is 2.24 bits per heavy atom. The van der Waals surface area contributed by atoms with E-state index in [0.29, 0.717) is 12.6 Å². The van der Waals surface area contributed by atoms with Crippen LogP contribution in [0, 0.1) is 0 Å². The smallest absolute Gasteiger partial charge is 0.354 e. The second kappa shape index (κ2) is 7.06. The Kier molecular flexibility index (Phi) is 5.14. The first kappa shape index (κ1) is 15.3. The monoisotopic (exact) mass is 291 g/mol. The molecule has 0 aliphatic carbocycles. The molecule has 21 heavy (non-hydrogen) atoms. The third-order valence-electron chi connectivity index (χ3n) is 3.85. The molecule has 1 fully saturated rings. The van der Waals surface area contributed by atoms with Crippen LogP contribution in [0.15, 0.2) is 18.3 Å². The minimum atomic E-state index is -1.05. The lowest BCUT2D eigenvalue weighted by atomic mass is 10.0. The number of piperidine rings is 1. The molecule has 1 atom stereocenters. The SMILES string of the molecule is CCC1CCCCN1C(=O)NCc1ccc(C(=O)O)nc1. The van der Waals surface area contributed by atoms with Gasteiger partial charge in [-0.05, 0) is 37.3 Å². The molecule has 0 bridgehead atoms. The van der Waals surface area contributed by atoms with Gasteiger partial charge in [0, 0.05) is 25.3 Å². The summed E-state index contributed by atoms with van der Waals surface area (Å²) < 4.78 is 0. The van der Waals surface area contributed by atoms with Gasteiger partial charge in [-0.3, -0.25) is 0 Å². The van der Waals surface area contributed by atoms with Gasteiger partial charge in [0.2, 0.25) is 0 Å². The molecule has 1 aliphatic rings. The number of nitrogens with one attached hydrogen (secondary N) is 1. The summed E-state index contributed by atoms with van der Waals surface area (Å²) in [6.07, 6.45) is 5.76. The first-order chi connectivity index (χ1) is 10.1. The molecule has 6 heteroatoms. The quantitative estimate of drug-likeness (QED) is 0.891. The zero-order chi connectivity index (χ0) is 15.2. The minimum absolute atomic E-state index is 0.00662. The zero-order valence-corrected chi connectivity index (χ0v) is 12.2. The number of rotatable bonds is 4. The van der Waals surface area contributed by atoms with Gasteiger partial charge in [-0.15, -0.1) is 0 Å². The molecule has 2 heterocycles. The van der Waals surface area contributed by atoms with Crippen LogP contribution in [0.1, 0.15) is 48.7 Å². The first-order valence-electron chi connectivity index (χ1n) is 7.34. The van der Waals surface area contributed by atoms with E-state index in [0.717, 1.165) is 31.4 Å². The Labute approximate surface area is 124 Å². The van der Waals surface area contributed by atoms with Gasteiger partial charge in [-0.25, -0.2) is 14.6 Å². The Hall–Kier alpha value is -2.11. The Morgan fingerprint density at radius 1 is 1.43 bits per heavy atom. The van der Waals surface area contributed by atoms with Gasteiger partial charge in [0.15, 0.2) is 0 Å². The van der Waals surface area contributed by atoms with E-state index in [1.54, 1.807) is 6.07 Å². The second-order valence-corrected chi connectivity index (χ2v) is 5.27. The molecule has 1 aromatic rings. The van der Waals surface area contributed by atoms with E-state index in [1.165, 1.54) is 18.7 Å². The van der Waals surface area contributed by atoms with Crippen LogP contribution >= 0.6 is 0 Å². The lowest BCUT2D eigenvalue weighted by Crippen LogP contribution is -2.48. The second-order valence-electron chi connectivity index (χ2n) is 5.27. The number of hydrogen-bond donors (Lipinski definition) is 2. The van der Waals surface area contributed by atoms with E-state index in [2.05, 4.69) is 17.2 Å². The summed E-state index contributed by atoms with van der Waals surface area (Å²) in [5.41, 5.74) is 0.797. The van der Waals surface area contributed by atoms with E-state index in [4.69, 9.17) is 5.11 Å². The highest BCUT2D eigenvalue weighted by Crippen LogP contribution is 2.19.